The van der Waals surface area contributed by atoms with Crippen LogP contribution in [0, 0.1) is 0 Å². The molecule has 1 aromatic carbocycles. The van der Waals surface area contributed by atoms with Crippen molar-refractivity contribution in [2.45, 2.75) is 12.7 Å². The first kappa shape index (κ1) is 11.9. The summed E-state index contributed by atoms with van der Waals surface area (Å²) in [5.74, 6) is 0.191. The van der Waals surface area contributed by atoms with Crippen LogP contribution in [-0.2, 0) is 6.54 Å². The maximum Gasteiger partial charge on any atom is 0.137 e. The summed E-state index contributed by atoms with van der Waals surface area (Å²) in [5.41, 5.74) is 6.48. The molecule has 84 valence electrons. The van der Waals surface area contributed by atoms with Gasteiger partial charge in [0.15, 0.2) is 0 Å². The zero-order chi connectivity index (χ0) is 11.4. The molecule has 0 amide bonds. The van der Waals surface area contributed by atoms with Crippen molar-refractivity contribution >= 4 is 0 Å². The Morgan fingerprint density at radius 2 is 2.13 bits per heavy atom. The van der Waals surface area contributed by atoms with Crippen LogP contribution in [0.2, 0.25) is 0 Å². The van der Waals surface area contributed by atoms with Gasteiger partial charge >= 0.3 is 0 Å². The molecule has 0 radical (unpaired) electrons. The second-order valence-corrected chi connectivity index (χ2v) is 3.83. The van der Waals surface area contributed by atoms with Crippen LogP contribution in [0.15, 0.2) is 18.2 Å². The normalized spacial score (nSPS) is 13.1. The van der Waals surface area contributed by atoms with Gasteiger partial charge in [0.05, 0.1) is 0 Å². The molecular formula is C11H17FN2O. The van der Waals surface area contributed by atoms with E-state index in [0.29, 0.717) is 17.7 Å². The quantitative estimate of drug-likeness (QED) is 0.793. The Hall–Kier alpha value is -1.13. The zero-order valence-corrected chi connectivity index (χ0v) is 9.07. The first-order valence-electron chi connectivity index (χ1n) is 4.85. The fourth-order valence-electron chi connectivity index (χ4n) is 1.40. The van der Waals surface area contributed by atoms with Crippen molar-refractivity contribution in [3.05, 3.63) is 29.3 Å². The van der Waals surface area contributed by atoms with Crippen molar-refractivity contribution in [3.63, 3.8) is 0 Å². The number of halogens is 1. The Labute approximate surface area is 89.3 Å². The number of hydrogen-bond donors (Lipinski definition) is 2. The van der Waals surface area contributed by atoms with Crippen LogP contribution in [0.4, 0.5) is 4.39 Å². The zero-order valence-electron chi connectivity index (χ0n) is 9.07. The summed E-state index contributed by atoms with van der Waals surface area (Å²) in [6.07, 6.45) is -1.16. The maximum absolute atomic E-state index is 13.3. The largest absolute Gasteiger partial charge is 0.508 e. The van der Waals surface area contributed by atoms with Crippen LogP contribution in [0.3, 0.4) is 0 Å². The molecule has 1 rings (SSSR count). The molecular weight excluding hydrogens is 195 g/mol. The van der Waals surface area contributed by atoms with Gasteiger partial charge in [-0.25, -0.2) is 4.39 Å². The Morgan fingerprint density at radius 1 is 1.47 bits per heavy atom. The van der Waals surface area contributed by atoms with Gasteiger partial charge in [0.1, 0.15) is 11.9 Å². The summed E-state index contributed by atoms with van der Waals surface area (Å²) in [5, 5.41) is 9.56. The molecule has 15 heavy (non-hydrogen) atoms. The highest BCUT2D eigenvalue weighted by Gasteiger charge is 2.10. The van der Waals surface area contributed by atoms with Crippen LogP contribution in [0.1, 0.15) is 17.3 Å². The monoisotopic (exact) mass is 212 g/mol. The number of benzene rings is 1. The lowest BCUT2D eigenvalue weighted by Gasteiger charge is -2.13. The Bertz CT molecular complexity index is 328. The standard InChI is InChI=1S/C11H17FN2O/c1-14(2)7-9-5-8(10(12)6-13)3-4-11(9)15/h3-5,10,15H,6-7,13H2,1-2H3. The van der Waals surface area contributed by atoms with Crippen molar-refractivity contribution in [1.29, 1.82) is 0 Å². The van der Waals surface area contributed by atoms with E-state index in [2.05, 4.69) is 0 Å². The Kier molecular flexibility index (Phi) is 4.05. The second kappa shape index (κ2) is 5.09. The van der Waals surface area contributed by atoms with Gasteiger partial charge in [-0.3, -0.25) is 0 Å². The number of phenolic OH excluding ortho intramolecular Hbond substituents is 1. The average molecular weight is 212 g/mol. The minimum Gasteiger partial charge on any atom is -0.508 e. The summed E-state index contributed by atoms with van der Waals surface area (Å²) < 4.78 is 13.3. The van der Waals surface area contributed by atoms with Gasteiger partial charge in [-0.05, 0) is 31.8 Å². The Balaban J connectivity index is 2.94. The highest BCUT2D eigenvalue weighted by atomic mass is 19.1. The number of aromatic hydroxyl groups is 1. The molecule has 3 nitrogen and oxygen atoms in total. The fourth-order valence-corrected chi connectivity index (χ4v) is 1.40. The minimum atomic E-state index is -1.16. The van der Waals surface area contributed by atoms with E-state index in [1.165, 1.54) is 6.07 Å². The maximum atomic E-state index is 13.3. The summed E-state index contributed by atoms with van der Waals surface area (Å²) in [4.78, 5) is 1.91. The number of phenols is 1. The predicted octanol–water partition coefficient (Wildman–Crippen LogP) is 1.42. The third-order valence-corrected chi connectivity index (χ3v) is 2.16. The number of hydrogen-bond acceptors (Lipinski definition) is 3. The van der Waals surface area contributed by atoms with Crippen molar-refractivity contribution < 1.29 is 9.50 Å². The summed E-state index contributed by atoms with van der Waals surface area (Å²) in [6, 6.07) is 4.73. The van der Waals surface area contributed by atoms with Crippen LogP contribution >= 0.6 is 0 Å². The van der Waals surface area contributed by atoms with Crippen molar-refractivity contribution in [2.24, 2.45) is 5.73 Å². The van der Waals surface area contributed by atoms with Gasteiger partial charge in [-0.1, -0.05) is 6.07 Å². The molecule has 0 saturated heterocycles. The summed E-state index contributed by atoms with van der Waals surface area (Å²) >= 11 is 0. The highest BCUT2D eigenvalue weighted by molar-refractivity contribution is 5.37. The van der Waals surface area contributed by atoms with E-state index < -0.39 is 6.17 Å². The van der Waals surface area contributed by atoms with Crippen molar-refractivity contribution in [3.8, 4) is 5.75 Å². The van der Waals surface area contributed by atoms with Gasteiger partial charge in [-0.2, -0.15) is 0 Å². The summed E-state index contributed by atoms with van der Waals surface area (Å²) in [6.45, 7) is 0.545. The van der Waals surface area contributed by atoms with Crippen molar-refractivity contribution in [2.75, 3.05) is 20.6 Å². The van der Waals surface area contributed by atoms with Crippen LogP contribution in [-0.4, -0.2) is 30.6 Å². The van der Waals surface area contributed by atoms with Crippen LogP contribution in [0.5, 0.6) is 5.75 Å². The molecule has 0 aliphatic carbocycles. The van der Waals surface area contributed by atoms with E-state index in [0.717, 1.165) is 0 Å². The SMILES string of the molecule is CN(C)Cc1cc(C(F)CN)ccc1O. The number of alkyl halides is 1. The van der Waals surface area contributed by atoms with Gasteiger partial charge in [0.25, 0.3) is 0 Å². The summed E-state index contributed by atoms with van der Waals surface area (Å²) in [7, 11) is 3.78. The minimum absolute atomic E-state index is 0.0355. The van der Waals surface area contributed by atoms with Crippen LogP contribution < -0.4 is 5.73 Å². The molecule has 0 spiro atoms. The molecule has 0 heterocycles. The van der Waals surface area contributed by atoms with E-state index in [1.54, 1.807) is 12.1 Å². The fraction of sp³-hybridized carbons (Fsp3) is 0.455. The molecule has 4 heteroatoms. The lowest BCUT2D eigenvalue weighted by molar-refractivity contribution is 0.349. The van der Waals surface area contributed by atoms with Gasteiger partial charge in [-0.15, -0.1) is 0 Å². The van der Waals surface area contributed by atoms with E-state index >= 15 is 0 Å². The average Bonchev–Trinajstić information content (AvgIpc) is 2.19. The van der Waals surface area contributed by atoms with E-state index in [-0.39, 0.29) is 12.3 Å². The lowest BCUT2D eigenvalue weighted by Crippen LogP contribution is -2.12. The molecule has 1 unspecified atom stereocenters. The molecule has 1 aromatic rings. The van der Waals surface area contributed by atoms with Gasteiger partial charge in [0.2, 0.25) is 0 Å². The molecule has 0 saturated carbocycles. The van der Waals surface area contributed by atoms with E-state index in [1.807, 2.05) is 19.0 Å². The number of rotatable bonds is 4. The predicted molar refractivity (Wildman–Crippen MR) is 58.4 cm³/mol. The van der Waals surface area contributed by atoms with Crippen molar-refractivity contribution in [1.82, 2.24) is 4.90 Å². The Morgan fingerprint density at radius 3 is 2.67 bits per heavy atom. The highest BCUT2D eigenvalue weighted by Crippen LogP contribution is 2.24. The smallest absolute Gasteiger partial charge is 0.137 e. The number of nitrogens with zero attached hydrogens (tertiary/aromatic N) is 1. The van der Waals surface area contributed by atoms with Crippen LogP contribution in [0.25, 0.3) is 0 Å². The lowest BCUT2D eigenvalue weighted by atomic mass is 10.1. The molecule has 0 aromatic heterocycles. The van der Waals surface area contributed by atoms with Gasteiger partial charge < -0.3 is 15.7 Å². The molecule has 3 N–H and O–H groups in total. The number of nitrogens with two attached hydrogens (primary N) is 1. The molecule has 0 bridgehead atoms. The first-order chi connectivity index (χ1) is 7.04. The molecule has 0 fully saturated rings. The molecule has 1 atom stereocenters. The van der Waals surface area contributed by atoms with E-state index in [4.69, 9.17) is 5.73 Å². The molecule has 0 aliphatic rings. The van der Waals surface area contributed by atoms with Gasteiger partial charge in [0, 0.05) is 18.7 Å². The topological polar surface area (TPSA) is 49.5 Å². The van der Waals surface area contributed by atoms with E-state index in [9.17, 15) is 9.50 Å². The third-order valence-electron chi connectivity index (χ3n) is 2.16. The second-order valence-electron chi connectivity index (χ2n) is 3.83. The third kappa shape index (κ3) is 3.18. The molecule has 0 aliphatic heterocycles. The first-order valence-corrected chi connectivity index (χ1v) is 4.85.